The van der Waals surface area contributed by atoms with Gasteiger partial charge < -0.3 is 5.32 Å². The van der Waals surface area contributed by atoms with Crippen molar-refractivity contribution in [1.82, 2.24) is 5.32 Å². The van der Waals surface area contributed by atoms with Crippen LogP contribution in [-0.2, 0) is 4.79 Å². The van der Waals surface area contributed by atoms with Gasteiger partial charge in [-0.15, -0.1) is 6.58 Å². The van der Waals surface area contributed by atoms with E-state index in [2.05, 4.69) is 11.9 Å². The molecule has 0 aromatic rings. The summed E-state index contributed by atoms with van der Waals surface area (Å²) in [6, 6.07) is 0.717. The van der Waals surface area contributed by atoms with Crippen LogP contribution in [0.5, 0.6) is 0 Å². The Bertz CT molecular complexity index is 194. The van der Waals surface area contributed by atoms with Gasteiger partial charge in [0.25, 0.3) is 0 Å². The number of nitrogens with one attached hydrogen (secondary N) is 1. The maximum Gasteiger partial charge on any atom is 0.134 e. The van der Waals surface area contributed by atoms with Crippen molar-refractivity contribution in [3.05, 3.63) is 12.2 Å². The van der Waals surface area contributed by atoms with Crippen molar-refractivity contribution in [2.24, 2.45) is 0 Å². The Balaban J connectivity index is 1.93. The van der Waals surface area contributed by atoms with E-state index in [1.807, 2.05) is 6.92 Å². The summed E-state index contributed by atoms with van der Waals surface area (Å²) in [5.41, 5.74) is 1.10. The second kappa shape index (κ2) is 5.18. The molecule has 1 rings (SSSR count). The van der Waals surface area contributed by atoms with Crippen LogP contribution in [0.4, 0.5) is 0 Å². The fourth-order valence-corrected chi connectivity index (χ4v) is 1.18. The van der Waals surface area contributed by atoms with Crippen LogP contribution in [0.3, 0.4) is 0 Å². The molecular formula is C11H19NO. The molecule has 0 aromatic heterocycles. The Morgan fingerprint density at radius 3 is 2.62 bits per heavy atom. The minimum atomic E-state index is 0.358. The fourth-order valence-electron chi connectivity index (χ4n) is 1.18. The van der Waals surface area contributed by atoms with Crippen LogP contribution in [0.1, 0.15) is 39.0 Å². The summed E-state index contributed by atoms with van der Waals surface area (Å²) in [6.45, 7) is 6.61. The summed E-state index contributed by atoms with van der Waals surface area (Å²) in [4.78, 5) is 11.3. The van der Waals surface area contributed by atoms with Gasteiger partial charge in [0.2, 0.25) is 0 Å². The van der Waals surface area contributed by atoms with E-state index in [0.717, 1.165) is 18.5 Å². The molecule has 0 aliphatic heterocycles. The number of hydrogen-bond donors (Lipinski definition) is 1. The van der Waals surface area contributed by atoms with Crippen LogP contribution in [0, 0.1) is 0 Å². The topological polar surface area (TPSA) is 29.1 Å². The van der Waals surface area contributed by atoms with E-state index in [0.29, 0.717) is 24.7 Å². The molecule has 0 atom stereocenters. The summed E-state index contributed by atoms with van der Waals surface area (Å²) in [5.74, 6) is 0.358. The highest BCUT2D eigenvalue weighted by Crippen LogP contribution is 2.18. The van der Waals surface area contributed by atoms with Gasteiger partial charge in [0.15, 0.2) is 0 Å². The molecule has 0 heterocycles. The first-order valence-electron chi connectivity index (χ1n) is 5.08. The van der Waals surface area contributed by atoms with Crippen molar-refractivity contribution in [1.29, 1.82) is 0 Å². The van der Waals surface area contributed by atoms with Gasteiger partial charge in [-0.05, 0) is 26.2 Å². The van der Waals surface area contributed by atoms with Crippen LogP contribution in [-0.4, -0.2) is 18.4 Å². The molecule has 0 amide bonds. The molecule has 1 aliphatic rings. The maximum absolute atomic E-state index is 11.3. The first-order valence-corrected chi connectivity index (χ1v) is 5.08. The highest BCUT2D eigenvalue weighted by molar-refractivity contribution is 5.78. The van der Waals surface area contributed by atoms with E-state index in [1.54, 1.807) is 0 Å². The van der Waals surface area contributed by atoms with Crippen molar-refractivity contribution >= 4 is 5.78 Å². The molecule has 0 radical (unpaired) electrons. The van der Waals surface area contributed by atoms with Crippen LogP contribution < -0.4 is 5.32 Å². The Morgan fingerprint density at radius 1 is 1.38 bits per heavy atom. The quantitative estimate of drug-likeness (QED) is 0.609. The van der Waals surface area contributed by atoms with Crippen molar-refractivity contribution in [3.63, 3.8) is 0 Å². The smallest absolute Gasteiger partial charge is 0.134 e. The molecule has 1 N–H and O–H groups in total. The van der Waals surface area contributed by atoms with Crippen molar-refractivity contribution in [2.45, 2.75) is 45.1 Å². The lowest BCUT2D eigenvalue weighted by molar-refractivity contribution is -0.118. The third-order valence-corrected chi connectivity index (χ3v) is 2.24. The zero-order valence-electron chi connectivity index (χ0n) is 8.44. The highest BCUT2D eigenvalue weighted by Gasteiger charge is 2.19. The third kappa shape index (κ3) is 5.58. The van der Waals surface area contributed by atoms with Gasteiger partial charge in [-0.3, -0.25) is 4.79 Å². The van der Waals surface area contributed by atoms with Crippen LogP contribution in [0.15, 0.2) is 12.2 Å². The molecule has 0 saturated heterocycles. The van der Waals surface area contributed by atoms with E-state index in [9.17, 15) is 4.79 Å². The van der Waals surface area contributed by atoms with Gasteiger partial charge in [0.1, 0.15) is 5.78 Å². The third-order valence-electron chi connectivity index (χ3n) is 2.24. The molecule has 13 heavy (non-hydrogen) atoms. The largest absolute Gasteiger partial charge is 0.314 e. The molecule has 1 saturated carbocycles. The first kappa shape index (κ1) is 10.5. The molecule has 1 aliphatic carbocycles. The molecular weight excluding hydrogens is 162 g/mol. The number of allylic oxidation sites excluding steroid dienone is 1. The van der Waals surface area contributed by atoms with E-state index in [4.69, 9.17) is 0 Å². The van der Waals surface area contributed by atoms with Gasteiger partial charge in [0.05, 0.1) is 0 Å². The van der Waals surface area contributed by atoms with Crippen molar-refractivity contribution in [3.8, 4) is 0 Å². The molecule has 0 unspecified atom stereocenters. The number of rotatable bonds is 7. The van der Waals surface area contributed by atoms with Crippen LogP contribution >= 0.6 is 0 Å². The predicted molar refractivity (Wildman–Crippen MR) is 54.7 cm³/mol. The first-order chi connectivity index (χ1) is 6.18. The van der Waals surface area contributed by atoms with Gasteiger partial charge >= 0.3 is 0 Å². The summed E-state index contributed by atoms with van der Waals surface area (Å²) < 4.78 is 0. The van der Waals surface area contributed by atoms with Gasteiger partial charge in [-0.1, -0.05) is 5.57 Å². The lowest BCUT2D eigenvalue weighted by atomic mass is 10.1. The van der Waals surface area contributed by atoms with Crippen molar-refractivity contribution in [2.75, 3.05) is 6.54 Å². The normalized spacial score (nSPS) is 15.8. The Kier molecular flexibility index (Phi) is 4.16. The lowest BCUT2D eigenvalue weighted by Crippen LogP contribution is -2.20. The average Bonchev–Trinajstić information content (AvgIpc) is 2.84. The number of carbonyl (C=O) groups excluding carboxylic acids is 1. The van der Waals surface area contributed by atoms with Gasteiger partial charge in [-0.2, -0.15) is 0 Å². The Labute approximate surface area is 80.4 Å². The van der Waals surface area contributed by atoms with Crippen LogP contribution in [0.25, 0.3) is 0 Å². The monoisotopic (exact) mass is 181 g/mol. The van der Waals surface area contributed by atoms with Gasteiger partial charge in [-0.25, -0.2) is 0 Å². The summed E-state index contributed by atoms with van der Waals surface area (Å²) >= 11 is 0. The average molecular weight is 181 g/mol. The Morgan fingerprint density at radius 2 is 2.08 bits per heavy atom. The van der Waals surface area contributed by atoms with E-state index >= 15 is 0 Å². The predicted octanol–water partition coefficient (Wildman–Crippen LogP) is 2.05. The zero-order chi connectivity index (χ0) is 9.68. The van der Waals surface area contributed by atoms with E-state index < -0.39 is 0 Å². The molecule has 1 fully saturated rings. The SMILES string of the molecule is C=C(C)CCC(=O)CCNC1CC1. The fraction of sp³-hybridized carbons (Fsp3) is 0.727. The lowest BCUT2D eigenvalue weighted by Gasteiger charge is -2.02. The maximum atomic E-state index is 11.3. The van der Waals surface area contributed by atoms with E-state index in [-0.39, 0.29) is 0 Å². The Hall–Kier alpha value is -0.630. The summed E-state index contributed by atoms with van der Waals surface area (Å²) in [7, 11) is 0. The number of Topliss-reactive ketones (excluding diaryl/α,β-unsaturated/α-hetero) is 1. The number of ketones is 1. The number of carbonyl (C=O) groups is 1. The molecule has 2 nitrogen and oxygen atoms in total. The van der Waals surface area contributed by atoms with Gasteiger partial charge in [0, 0.05) is 25.4 Å². The standard InChI is InChI=1S/C11H19NO/c1-9(2)3-6-11(13)7-8-12-10-4-5-10/h10,12H,1,3-8H2,2H3. The molecule has 2 heteroatoms. The minimum Gasteiger partial charge on any atom is -0.314 e. The molecule has 0 spiro atoms. The molecule has 0 bridgehead atoms. The summed E-state index contributed by atoms with van der Waals surface area (Å²) in [5, 5.41) is 3.33. The van der Waals surface area contributed by atoms with E-state index in [1.165, 1.54) is 12.8 Å². The number of hydrogen-bond acceptors (Lipinski definition) is 2. The highest BCUT2D eigenvalue weighted by atomic mass is 16.1. The zero-order valence-corrected chi connectivity index (χ0v) is 8.44. The molecule has 74 valence electrons. The molecule has 0 aromatic carbocycles. The second-order valence-corrected chi connectivity index (χ2v) is 3.97. The van der Waals surface area contributed by atoms with Crippen LogP contribution in [0.2, 0.25) is 0 Å². The van der Waals surface area contributed by atoms with Crippen molar-refractivity contribution < 1.29 is 4.79 Å². The minimum absolute atomic E-state index is 0.358. The summed E-state index contributed by atoms with van der Waals surface area (Å²) in [6.07, 6.45) is 4.79. The second-order valence-electron chi connectivity index (χ2n) is 3.97.